The third kappa shape index (κ3) is 3.09. The van der Waals surface area contributed by atoms with E-state index in [-0.39, 0.29) is 11.8 Å². The molecule has 6 heteroatoms. The SMILES string of the molecule is COc1cccc(C2CCN(c3ccc(C(F)(F)F)cc3)C2=O)c1. The Balaban J connectivity index is 1.81. The van der Waals surface area contributed by atoms with Crippen LogP contribution < -0.4 is 9.64 Å². The molecule has 3 rings (SSSR count). The van der Waals surface area contributed by atoms with E-state index in [9.17, 15) is 18.0 Å². The predicted octanol–water partition coefficient (Wildman–Crippen LogP) is 4.23. The normalized spacial score (nSPS) is 18.1. The van der Waals surface area contributed by atoms with E-state index in [4.69, 9.17) is 4.74 Å². The molecule has 1 fully saturated rings. The number of rotatable bonds is 3. The molecule has 1 unspecified atom stereocenters. The summed E-state index contributed by atoms with van der Waals surface area (Å²) >= 11 is 0. The van der Waals surface area contributed by atoms with Gasteiger partial charge in [0.15, 0.2) is 0 Å². The number of halogens is 3. The van der Waals surface area contributed by atoms with Crippen molar-refractivity contribution in [2.24, 2.45) is 0 Å². The Labute approximate surface area is 137 Å². The molecule has 0 aliphatic carbocycles. The van der Waals surface area contributed by atoms with Gasteiger partial charge in [-0.15, -0.1) is 0 Å². The van der Waals surface area contributed by atoms with Gasteiger partial charge in [-0.25, -0.2) is 0 Å². The Morgan fingerprint density at radius 2 is 1.83 bits per heavy atom. The van der Waals surface area contributed by atoms with E-state index in [1.54, 1.807) is 13.2 Å². The van der Waals surface area contributed by atoms with Crippen molar-refractivity contribution in [1.82, 2.24) is 0 Å². The number of hydrogen-bond acceptors (Lipinski definition) is 2. The Bertz CT molecular complexity index is 741. The van der Waals surface area contributed by atoms with Crippen LogP contribution >= 0.6 is 0 Å². The van der Waals surface area contributed by atoms with Crippen molar-refractivity contribution in [3.05, 3.63) is 59.7 Å². The van der Waals surface area contributed by atoms with Gasteiger partial charge in [-0.05, 0) is 48.4 Å². The van der Waals surface area contributed by atoms with E-state index in [0.717, 1.165) is 17.7 Å². The lowest BCUT2D eigenvalue weighted by atomic mass is 9.97. The minimum atomic E-state index is -4.38. The predicted molar refractivity (Wildman–Crippen MR) is 84.1 cm³/mol. The standard InChI is InChI=1S/C18H16F3NO2/c1-24-15-4-2-3-12(11-15)16-9-10-22(17(16)23)14-7-5-13(6-8-14)18(19,20)21/h2-8,11,16H,9-10H2,1H3. The second-order valence-electron chi connectivity index (χ2n) is 5.65. The van der Waals surface area contributed by atoms with Crippen LogP contribution in [-0.4, -0.2) is 19.6 Å². The van der Waals surface area contributed by atoms with Gasteiger partial charge in [0.2, 0.25) is 5.91 Å². The molecule has 24 heavy (non-hydrogen) atoms. The number of benzene rings is 2. The van der Waals surface area contributed by atoms with Crippen molar-refractivity contribution in [3.63, 3.8) is 0 Å². The van der Waals surface area contributed by atoms with Gasteiger partial charge in [-0.3, -0.25) is 4.79 Å². The lowest BCUT2D eigenvalue weighted by Gasteiger charge is -2.18. The molecule has 0 spiro atoms. The zero-order chi connectivity index (χ0) is 17.3. The van der Waals surface area contributed by atoms with Crippen molar-refractivity contribution in [2.45, 2.75) is 18.5 Å². The Morgan fingerprint density at radius 1 is 1.12 bits per heavy atom. The van der Waals surface area contributed by atoms with Crippen molar-refractivity contribution < 1.29 is 22.7 Å². The highest BCUT2D eigenvalue weighted by Gasteiger charge is 2.35. The van der Waals surface area contributed by atoms with Gasteiger partial charge in [-0.1, -0.05) is 12.1 Å². The summed E-state index contributed by atoms with van der Waals surface area (Å²) in [6, 6.07) is 12.0. The number of hydrogen-bond donors (Lipinski definition) is 0. The van der Waals surface area contributed by atoms with Crippen molar-refractivity contribution in [3.8, 4) is 5.75 Å². The third-order valence-corrected chi connectivity index (χ3v) is 4.21. The number of nitrogens with zero attached hydrogens (tertiary/aromatic N) is 1. The molecule has 0 bridgehead atoms. The van der Waals surface area contributed by atoms with Gasteiger partial charge >= 0.3 is 6.18 Å². The minimum Gasteiger partial charge on any atom is -0.497 e. The number of alkyl halides is 3. The van der Waals surface area contributed by atoms with Crippen LogP contribution in [0.25, 0.3) is 0 Å². The molecule has 1 heterocycles. The summed E-state index contributed by atoms with van der Waals surface area (Å²) in [5.41, 5.74) is 0.620. The first-order valence-corrected chi connectivity index (χ1v) is 7.53. The number of ether oxygens (including phenoxy) is 1. The summed E-state index contributed by atoms with van der Waals surface area (Å²) in [6.45, 7) is 0.478. The molecule has 0 N–H and O–H groups in total. The van der Waals surface area contributed by atoms with E-state index in [0.29, 0.717) is 24.4 Å². The molecule has 0 aromatic heterocycles. The molecule has 1 aliphatic heterocycles. The van der Waals surface area contributed by atoms with Crippen LogP contribution in [0, 0.1) is 0 Å². The van der Waals surface area contributed by atoms with Crippen LogP contribution in [0.1, 0.15) is 23.5 Å². The molecule has 2 aromatic carbocycles. The van der Waals surface area contributed by atoms with E-state index in [1.807, 2.05) is 18.2 Å². The van der Waals surface area contributed by atoms with Gasteiger partial charge < -0.3 is 9.64 Å². The maximum atomic E-state index is 12.7. The van der Waals surface area contributed by atoms with Crippen molar-refractivity contribution >= 4 is 11.6 Å². The van der Waals surface area contributed by atoms with Gasteiger partial charge in [0.1, 0.15) is 5.75 Å². The summed E-state index contributed by atoms with van der Waals surface area (Å²) in [7, 11) is 1.56. The van der Waals surface area contributed by atoms with Crippen molar-refractivity contribution in [2.75, 3.05) is 18.6 Å². The largest absolute Gasteiger partial charge is 0.497 e. The average Bonchev–Trinajstić information content (AvgIpc) is 2.96. The van der Waals surface area contributed by atoms with Crippen LogP contribution in [-0.2, 0) is 11.0 Å². The maximum absolute atomic E-state index is 12.7. The number of carbonyl (C=O) groups is 1. The summed E-state index contributed by atoms with van der Waals surface area (Å²) in [6.07, 6.45) is -3.76. The minimum absolute atomic E-state index is 0.108. The fraction of sp³-hybridized carbons (Fsp3) is 0.278. The maximum Gasteiger partial charge on any atom is 0.416 e. The molecule has 0 saturated carbocycles. The molecule has 0 radical (unpaired) electrons. The molecule has 2 aromatic rings. The van der Waals surface area contributed by atoms with Gasteiger partial charge in [0.05, 0.1) is 18.6 Å². The molecule has 1 aliphatic rings. The second kappa shape index (κ2) is 6.19. The molecular formula is C18H16F3NO2. The van der Waals surface area contributed by atoms with E-state index >= 15 is 0 Å². The number of carbonyl (C=O) groups excluding carboxylic acids is 1. The Kier molecular flexibility index (Phi) is 4.22. The quantitative estimate of drug-likeness (QED) is 0.840. The molecule has 126 valence electrons. The zero-order valence-corrected chi connectivity index (χ0v) is 13.0. The summed E-state index contributed by atoms with van der Waals surface area (Å²) < 4.78 is 43.1. The molecule has 3 nitrogen and oxygen atoms in total. The van der Waals surface area contributed by atoms with E-state index < -0.39 is 11.7 Å². The fourth-order valence-electron chi connectivity index (χ4n) is 2.93. The third-order valence-electron chi connectivity index (χ3n) is 4.21. The second-order valence-corrected chi connectivity index (χ2v) is 5.65. The number of anilines is 1. The smallest absolute Gasteiger partial charge is 0.416 e. The molecule has 1 atom stereocenters. The fourth-order valence-corrected chi connectivity index (χ4v) is 2.93. The van der Waals surface area contributed by atoms with Crippen LogP contribution in [0.2, 0.25) is 0 Å². The van der Waals surface area contributed by atoms with E-state index in [2.05, 4.69) is 0 Å². The average molecular weight is 335 g/mol. The van der Waals surface area contributed by atoms with Crippen LogP contribution in [0.4, 0.5) is 18.9 Å². The van der Waals surface area contributed by atoms with Gasteiger partial charge in [0, 0.05) is 12.2 Å². The summed E-state index contributed by atoms with van der Waals surface area (Å²) in [5.74, 6) is 0.263. The van der Waals surface area contributed by atoms with E-state index in [1.165, 1.54) is 17.0 Å². The topological polar surface area (TPSA) is 29.5 Å². The van der Waals surface area contributed by atoms with Gasteiger partial charge in [-0.2, -0.15) is 13.2 Å². The lowest BCUT2D eigenvalue weighted by molar-refractivity contribution is -0.137. The highest BCUT2D eigenvalue weighted by atomic mass is 19.4. The lowest BCUT2D eigenvalue weighted by Crippen LogP contribution is -2.26. The number of methoxy groups -OCH3 is 1. The Morgan fingerprint density at radius 3 is 2.46 bits per heavy atom. The highest BCUT2D eigenvalue weighted by Crippen LogP contribution is 2.35. The van der Waals surface area contributed by atoms with Crippen LogP contribution in [0.3, 0.4) is 0 Å². The Hall–Kier alpha value is -2.50. The zero-order valence-electron chi connectivity index (χ0n) is 13.0. The first-order chi connectivity index (χ1) is 11.4. The van der Waals surface area contributed by atoms with Crippen molar-refractivity contribution in [1.29, 1.82) is 0 Å². The van der Waals surface area contributed by atoms with Gasteiger partial charge in [0.25, 0.3) is 0 Å². The highest BCUT2D eigenvalue weighted by molar-refractivity contribution is 6.00. The molecule has 1 saturated heterocycles. The first-order valence-electron chi connectivity index (χ1n) is 7.53. The summed E-state index contributed by atoms with van der Waals surface area (Å²) in [5, 5.41) is 0. The summed E-state index contributed by atoms with van der Waals surface area (Å²) in [4.78, 5) is 14.2. The molecule has 1 amide bonds. The monoisotopic (exact) mass is 335 g/mol. The number of amides is 1. The van der Waals surface area contributed by atoms with Crippen LogP contribution in [0.15, 0.2) is 48.5 Å². The first kappa shape index (κ1) is 16.4. The van der Waals surface area contributed by atoms with Crippen LogP contribution in [0.5, 0.6) is 5.75 Å². The molecular weight excluding hydrogens is 319 g/mol.